The molecule has 0 radical (unpaired) electrons. The van der Waals surface area contributed by atoms with E-state index in [9.17, 15) is 14.4 Å². The van der Waals surface area contributed by atoms with Crippen molar-refractivity contribution in [1.82, 2.24) is 20.4 Å². The van der Waals surface area contributed by atoms with Crippen molar-refractivity contribution in [3.8, 4) is 0 Å². The maximum absolute atomic E-state index is 12.5. The molecular formula is C23H26N4O4. The van der Waals surface area contributed by atoms with Gasteiger partial charge in [-0.2, -0.15) is 5.10 Å². The smallest absolute Gasteiger partial charge is 0.308 e. The average molecular weight is 422 g/mol. The van der Waals surface area contributed by atoms with Crippen molar-refractivity contribution in [2.24, 2.45) is 0 Å². The lowest BCUT2D eigenvalue weighted by molar-refractivity contribution is -0.153. The number of para-hydroxylation sites is 1. The van der Waals surface area contributed by atoms with Gasteiger partial charge >= 0.3 is 5.97 Å². The van der Waals surface area contributed by atoms with Crippen LogP contribution in [-0.2, 0) is 20.9 Å². The van der Waals surface area contributed by atoms with E-state index in [-0.39, 0.29) is 43.1 Å². The van der Waals surface area contributed by atoms with Gasteiger partial charge in [-0.15, -0.1) is 0 Å². The normalized spacial score (nSPS) is 10.8. The van der Waals surface area contributed by atoms with Crippen LogP contribution in [0.1, 0.15) is 36.3 Å². The number of benzene rings is 2. The zero-order valence-electron chi connectivity index (χ0n) is 17.6. The number of aromatic nitrogens is 2. The van der Waals surface area contributed by atoms with Crippen molar-refractivity contribution in [3.63, 3.8) is 0 Å². The lowest BCUT2D eigenvalue weighted by Crippen LogP contribution is -2.39. The second-order valence-electron chi connectivity index (χ2n) is 7.39. The predicted octanol–water partition coefficient (Wildman–Crippen LogP) is 2.66. The van der Waals surface area contributed by atoms with Gasteiger partial charge in [-0.05, 0) is 25.5 Å². The topological polar surface area (TPSA) is 104 Å². The van der Waals surface area contributed by atoms with Gasteiger partial charge in [-0.1, -0.05) is 48.5 Å². The largest absolute Gasteiger partial charge is 0.456 e. The van der Waals surface area contributed by atoms with Crippen LogP contribution in [0.5, 0.6) is 0 Å². The van der Waals surface area contributed by atoms with Crippen molar-refractivity contribution < 1.29 is 19.1 Å². The number of hydrogen-bond donors (Lipinski definition) is 2. The molecule has 8 nitrogen and oxygen atoms in total. The van der Waals surface area contributed by atoms with Gasteiger partial charge in [0.25, 0.3) is 11.8 Å². The van der Waals surface area contributed by atoms with Crippen molar-refractivity contribution in [2.75, 3.05) is 13.2 Å². The van der Waals surface area contributed by atoms with Crippen molar-refractivity contribution >= 4 is 28.7 Å². The minimum atomic E-state index is -0.552. The first-order valence-corrected chi connectivity index (χ1v) is 10.2. The van der Waals surface area contributed by atoms with E-state index in [2.05, 4.69) is 15.5 Å². The van der Waals surface area contributed by atoms with Crippen LogP contribution in [0.2, 0.25) is 0 Å². The molecule has 2 aromatic carbocycles. The maximum Gasteiger partial charge on any atom is 0.308 e. The van der Waals surface area contributed by atoms with E-state index < -0.39 is 5.97 Å². The number of nitrogens with zero attached hydrogens (tertiary/aromatic N) is 2. The Kier molecular flexibility index (Phi) is 7.37. The SMILES string of the molecule is CC(C)N(Cc1ccccc1)C(=O)COC(=O)CCNC(=O)c1n[nH]c2ccccc12. The number of hydrogen-bond acceptors (Lipinski definition) is 5. The number of amides is 2. The Morgan fingerprint density at radius 1 is 1.06 bits per heavy atom. The molecule has 0 aliphatic heterocycles. The first-order valence-electron chi connectivity index (χ1n) is 10.2. The second-order valence-corrected chi connectivity index (χ2v) is 7.39. The highest BCUT2D eigenvalue weighted by molar-refractivity contribution is 6.04. The molecular weight excluding hydrogens is 396 g/mol. The van der Waals surface area contributed by atoms with Crippen LogP contribution in [0.15, 0.2) is 54.6 Å². The molecule has 3 aromatic rings. The third-order valence-electron chi connectivity index (χ3n) is 4.80. The molecule has 1 heterocycles. The van der Waals surface area contributed by atoms with Crippen LogP contribution >= 0.6 is 0 Å². The van der Waals surface area contributed by atoms with Gasteiger partial charge in [0.1, 0.15) is 0 Å². The molecule has 0 saturated heterocycles. The lowest BCUT2D eigenvalue weighted by Gasteiger charge is -2.26. The summed E-state index contributed by atoms with van der Waals surface area (Å²) in [5, 5.41) is 10.2. The van der Waals surface area contributed by atoms with E-state index in [1.807, 2.05) is 62.4 Å². The summed E-state index contributed by atoms with van der Waals surface area (Å²) in [6.07, 6.45) is -0.0399. The summed E-state index contributed by atoms with van der Waals surface area (Å²) in [7, 11) is 0. The van der Waals surface area contributed by atoms with Crippen LogP contribution in [0.3, 0.4) is 0 Å². The van der Waals surface area contributed by atoms with E-state index in [4.69, 9.17) is 4.74 Å². The summed E-state index contributed by atoms with van der Waals surface area (Å²) < 4.78 is 5.11. The third kappa shape index (κ3) is 5.91. The zero-order chi connectivity index (χ0) is 22.2. The molecule has 0 bridgehead atoms. The molecule has 2 N–H and O–H groups in total. The molecule has 0 fully saturated rings. The fourth-order valence-electron chi connectivity index (χ4n) is 3.13. The Bertz CT molecular complexity index is 1050. The average Bonchev–Trinajstić information content (AvgIpc) is 3.20. The van der Waals surface area contributed by atoms with Crippen molar-refractivity contribution in [2.45, 2.75) is 32.9 Å². The predicted molar refractivity (Wildman–Crippen MR) is 116 cm³/mol. The van der Waals surface area contributed by atoms with Gasteiger partial charge in [0.15, 0.2) is 12.3 Å². The quantitative estimate of drug-likeness (QED) is 0.516. The molecule has 2 amide bonds. The summed E-state index contributed by atoms with van der Waals surface area (Å²) >= 11 is 0. The molecule has 0 atom stereocenters. The van der Waals surface area contributed by atoms with Crippen molar-refractivity contribution in [1.29, 1.82) is 0 Å². The molecule has 0 spiro atoms. The number of aromatic amines is 1. The Balaban J connectivity index is 1.43. The minimum Gasteiger partial charge on any atom is -0.456 e. The second kappa shape index (κ2) is 10.4. The number of rotatable bonds is 9. The molecule has 0 unspecified atom stereocenters. The van der Waals surface area contributed by atoms with Gasteiger partial charge in [-0.25, -0.2) is 0 Å². The Morgan fingerprint density at radius 3 is 2.52 bits per heavy atom. The highest BCUT2D eigenvalue weighted by Crippen LogP contribution is 2.14. The van der Waals surface area contributed by atoms with Gasteiger partial charge in [-0.3, -0.25) is 19.5 Å². The Labute approximate surface area is 180 Å². The molecule has 0 aliphatic rings. The number of ether oxygens (including phenoxy) is 1. The number of nitrogens with one attached hydrogen (secondary N) is 2. The summed E-state index contributed by atoms with van der Waals surface area (Å²) in [5.41, 5.74) is 2.04. The van der Waals surface area contributed by atoms with E-state index in [1.165, 1.54) is 0 Å². The van der Waals surface area contributed by atoms with Crippen LogP contribution < -0.4 is 5.32 Å². The lowest BCUT2D eigenvalue weighted by atomic mass is 10.2. The first kappa shape index (κ1) is 22.0. The van der Waals surface area contributed by atoms with Gasteiger partial charge < -0.3 is 15.0 Å². The van der Waals surface area contributed by atoms with Crippen LogP contribution in [0.25, 0.3) is 10.9 Å². The standard InChI is InChI=1S/C23H26N4O4/c1-16(2)27(14-17-8-4-3-5-9-17)20(28)15-31-21(29)12-13-24-23(30)22-18-10-6-7-11-19(18)25-26-22/h3-11,16H,12-15H2,1-2H3,(H,24,30)(H,25,26). The minimum absolute atomic E-state index is 0.0330. The first-order chi connectivity index (χ1) is 15.0. The molecule has 31 heavy (non-hydrogen) atoms. The molecule has 0 saturated carbocycles. The summed E-state index contributed by atoms with van der Waals surface area (Å²) in [4.78, 5) is 38.5. The number of esters is 1. The number of fused-ring (bicyclic) bond motifs is 1. The molecule has 1 aromatic heterocycles. The summed E-state index contributed by atoms with van der Waals surface area (Å²) in [5.74, 6) is -1.20. The fourth-order valence-corrected chi connectivity index (χ4v) is 3.13. The van der Waals surface area contributed by atoms with Crippen molar-refractivity contribution in [3.05, 3.63) is 65.9 Å². The monoisotopic (exact) mass is 422 g/mol. The summed E-state index contributed by atoms with van der Waals surface area (Å²) in [6.45, 7) is 4.03. The van der Waals surface area contributed by atoms with Gasteiger partial charge in [0.2, 0.25) is 0 Å². The van der Waals surface area contributed by atoms with Crippen LogP contribution in [0.4, 0.5) is 0 Å². The molecule has 8 heteroatoms. The fraction of sp³-hybridized carbons (Fsp3) is 0.304. The van der Waals surface area contributed by atoms with E-state index >= 15 is 0 Å². The number of carbonyl (C=O) groups is 3. The maximum atomic E-state index is 12.5. The van der Waals surface area contributed by atoms with Crippen LogP contribution in [-0.4, -0.2) is 52.1 Å². The number of carbonyl (C=O) groups excluding carboxylic acids is 3. The summed E-state index contributed by atoms with van der Waals surface area (Å²) in [6, 6.07) is 16.9. The van der Waals surface area contributed by atoms with E-state index in [1.54, 1.807) is 11.0 Å². The highest BCUT2D eigenvalue weighted by atomic mass is 16.5. The third-order valence-corrected chi connectivity index (χ3v) is 4.80. The molecule has 0 aliphatic carbocycles. The van der Waals surface area contributed by atoms with E-state index in [0.717, 1.165) is 11.1 Å². The van der Waals surface area contributed by atoms with E-state index in [0.29, 0.717) is 11.9 Å². The van der Waals surface area contributed by atoms with Gasteiger partial charge in [0, 0.05) is 24.5 Å². The molecule has 162 valence electrons. The Hall–Kier alpha value is -3.68. The number of H-pyrrole nitrogens is 1. The molecule has 3 rings (SSSR count). The highest BCUT2D eigenvalue weighted by Gasteiger charge is 2.19. The zero-order valence-corrected chi connectivity index (χ0v) is 17.6. The Morgan fingerprint density at radius 2 is 1.77 bits per heavy atom. The van der Waals surface area contributed by atoms with Gasteiger partial charge in [0.05, 0.1) is 11.9 Å². The van der Waals surface area contributed by atoms with Crippen LogP contribution in [0, 0.1) is 0 Å².